The monoisotopic (exact) mass is 484 g/mol. The number of nitrogens with one attached hydrogen (secondary N) is 1. The second-order valence-corrected chi connectivity index (χ2v) is 8.44. The Morgan fingerprint density at radius 2 is 1.56 bits per heavy atom. The Morgan fingerprint density at radius 3 is 2.31 bits per heavy atom. The molecule has 0 amide bonds. The lowest BCUT2D eigenvalue weighted by Crippen LogP contribution is -2.09. The summed E-state index contributed by atoms with van der Waals surface area (Å²) in [5.41, 5.74) is 11.0. The van der Waals surface area contributed by atoms with Gasteiger partial charge in [0.05, 0.1) is 30.7 Å². The third-order valence-electron chi connectivity index (χ3n) is 6.06. The number of nitrogens with two attached hydrogens (primary N) is 1. The average Bonchev–Trinajstić information content (AvgIpc) is 3.33. The smallest absolute Gasteiger partial charge is 0.134 e. The molecule has 1 aromatic heterocycles. The van der Waals surface area contributed by atoms with Crippen LogP contribution in [-0.2, 0) is 13.1 Å². The van der Waals surface area contributed by atoms with E-state index in [-0.39, 0.29) is 5.56 Å². The first-order chi connectivity index (χ1) is 17.5. The zero-order valence-corrected chi connectivity index (χ0v) is 19.3. The topological polar surface area (TPSA) is 55.9 Å². The molecule has 36 heavy (non-hydrogen) atoms. The number of aromatic nitrogens is 2. The minimum absolute atomic E-state index is 0.143. The van der Waals surface area contributed by atoms with Gasteiger partial charge in [0.1, 0.15) is 17.5 Å². The normalized spacial score (nSPS) is 11.0. The fraction of sp³-hybridized carbons (Fsp3) is 0.0690. The molecule has 1 heterocycles. The van der Waals surface area contributed by atoms with Gasteiger partial charge in [0.15, 0.2) is 0 Å². The number of anilines is 2. The molecule has 0 aliphatic carbocycles. The molecule has 0 unspecified atom stereocenters. The maximum absolute atomic E-state index is 14.4. The van der Waals surface area contributed by atoms with Crippen molar-refractivity contribution < 1.29 is 13.2 Å². The van der Waals surface area contributed by atoms with E-state index >= 15 is 0 Å². The van der Waals surface area contributed by atoms with Crippen LogP contribution in [0.5, 0.6) is 0 Å². The van der Waals surface area contributed by atoms with E-state index in [0.717, 1.165) is 34.5 Å². The summed E-state index contributed by atoms with van der Waals surface area (Å²) in [5.74, 6) is -2.34. The second kappa shape index (κ2) is 10.00. The van der Waals surface area contributed by atoms with Crippen molar-refractivity contribution in [3.05, 3.63) is 126 Å². The van der Waals surface area contributed by atoms with Crippen molar-refractivity contribution in [3.63, 3.8) is 0 Å². The van der Waals surface area contributed by atoms with Gasteiger partial charge in [0, 0.05) is 23.1 Å². The summed E-state index contributed by atoms with van der Waals surface area (Å²) in [5, 5.41) is 3.19. The Kier molecular flexibility index (Phi) is 6.45. The number of rotatable bonds is 7. The van der Waals surface area contributed by atoms with Gasteiger partial charge >= 0.3 is 0 Å². The summed E-state index contributed by atoms with van der Waals surface area (Å²) in [4.78, 5) is 4.25. The van der Waals surface area contributed by atoms with Gasteiger partial charge in [0.25, 0.3) is 0 Å². The molecular formula is C29H23F3N4. The quantitative estimate of drug-likeness (QED) is 0.248. The van der Waals surface area contributed by atoms with Crippen molar-refractivity contribution in [2.24, 2.45) is 0 Å². The Balaban J connectivity index is 1.33. The predicted molar refractivity (Wildman–Crippen MR) is 137 cm³/mol. The molecule has 4 aromatic carbocycles. The average molecular weight is 485 g/mol. The van der Waals surface area contributed by atoms with Gasteiger partial charge in [-0.05, 0) is 53.1 Å². The van der Waals surface area contributed by atoms with Gasteiger partial charge in [-0.3, -0.25) is 0 Å². The van der Waals surface area contributed by atoms with Gasteiger partial charge in [-0.1, -0.05) is 48.5 Å². The number of nitrogen functional groups attached to an aromatic ring is 1. The molecule has 0 saturated heterocycles. The van der Waals surface area contributed by atoms with E-state index in [1.54, 1.807) is 12.5 Å². The van der Waals surface area contributed by atoms with Crippen LogP contribution in [0.25, 0.3) is 22.3 Å². The molecule has 5 rings (SSSR count). The third-order valence-corrected chi connectivity index (χ3v) is 6.06. The van der Waals surface area contributed by atoms with E-state index in [2.05, 4.69) is 10.3 Å². The van der Waals surface area contributed by atoms with E-state index in [4.69, 9.17) is 5.73 Å². The molecule has 5 aromatic rings. The Morgan fingerprint density at radius 1 is 0.778 bits per heavy atom. The molecule has 3 N–H and O–H groups in total. The number of nitrogens with zero attached hydrogens (tertiary/aromatic N) is 2. The molecule has 0 atom stereocenters. The Bertz CT molecular complexity index is 1490. The van der Waals surface area contributed by atoms with Gasteiger partial charge < -0.3 is 15.6 Å². The summed E-state index contributed by atoms with van der Waals surface area (Å²) >= 11 is 0. The zero-order valence-electron chi connectivity index (χ0n) is 19.3. The molecule has 0 radical (unpaired) electrons. The van der Waals surface area contributed by atoms with Crippen molar-refractivity contribution in [1.82, 2.24) is 9.55 Å². The summed E-state index contributed by atoms with van der Waals surface area (Å²) in [6, 6.07) is 23.6. The van der Waals surface area contributed by atoms with Crippen LogP contribution >= 0.6 is 0 Å². The summed E-state index contributed by atoms with van der Waals surface area (Å²) in [6.45, 7) is 0.889. The molecule has 180 valence electrons. The lowest BCUT2D eigenvalue weighted by Gasteiger charge is -2.14. The van der Waals surface area contributed by atoms with Gasteiger partial charge in [-0.25, -0.2) is 18.2 Å². The van der Waals surface area contributed by atoms with Gasteiger partial charge in [-0.15, -0.1) is 0 Å². The molecule has 4 nitrogen and oxygen atoms in total. The number of halogens is 3. The first-order valence-electron chi connectivity index (χ1n) is 11.4. The third kappa shape index (κ3) is 4.81. The number of benzene rings is 4. The van der Waals surface area contributed by atoms with E-state index < -0.39 is 23.0 Å². The summed E-state index contributed by atoms with van der Waals surface area (Å²) in [6.07, 6.45) is 3.44. The zero-order chi connectivity index (χ0) is 25.1. The van der Waals surface area contributed by atoms with Crippen LogP contribution in [-0.4, -0.2) is 9.55 Å². The molecule has 0 bridgehead atoms. The minimum Gasteiger partial charge on any atom is -0.398 e. The highest BCUT2D eigenvalue weighted by molar-refractivity contribution is 5.70. The fourth-order valence-electron chi connectivity index (χ4n) is 4.14. The summed E-state index contributed by atoms with van der Waals surface area (Å²) < 4.78 is 44.8. The van der Waals surface area contributed by atoms with Crippen molar-refractivity contribution in [1.29, 1.82) is 0 Å². The first kappa shape index (κ1) is 23.2. The van der Waals surface area contributed by atoms with Crippen molar-refractivity contribution in [2.45, 2.75) is 13.1 Å². The number of imidazole rings is 1. The maximum Gasteiger partial charge on any atom is 0.134 e. The highest BCUT2D eigenvalue weighted by Crippen LogP contribution is 2.31. The van der Waals surface area contributed by atoms with Crippen molar-refractivity contribution in [3.8, 4) is 22.3 Å². The SMILES string of the molecule is Nc1cc(-c2ccccc2)ccc1Cn1cncc1CNc1ccc(F)c(-c2c(F)cccc2F)c1. The second-order valence-electron chi connectivity index (χ2n) is 8.44. The largest absolute Gasteiger partial charge is 0.398 e. The molecular weight excluding hydrogens is 461 g/mol. The van der Waals surface area contributed by atoms with Crippen LogP contribution in [0.3, 0.4) is 0 Å². The summed E-state index contributed by atoms with van der Waals surface area (Å²) in [7, 11) is 0. The highest BCUT2D eigenvalue weighted by Gasteiger charge is 2.16. The number of hydrogen-bond acceptors (Lipinski definition) is 3. The van der Waals surface area contributed by atoms with Crippen LogP contribution in [0.4, 0.5) is 24.5 Å². The van der Waals surface area contributed by atoms with E-state index in [9.17, 15) is 13.2 Å². The Hall–Kier alpha value is -4.52. The van der Waals surface area contributed by atoms with Gasteiger partial charge in [0.2, 0.25) is 0 Å². The van der Waals surface area contributed by atoms with Gasteiger partial charge in [-0.2, -0.15) is 0 Å². The fourth-order valence-corrected chi connectivity index (χ4v) is 4.14. The first-order valence-corrected chi connectivity index (χ1v) is 11.4. The molecule has 0 saturated carbocycles. The molecule has 0 fully saturated rings. The van der Waals surface area contributed by atoms with E-state index in [0.29, 0.717) is 24.5 Å². The van der Waals surface area contributed by atoms with Crippen LogP contribution in [0.2, 0.25) is 0 Å². The molecule has 0 spiro atoms. The standard InChI is InChI=1S/C29H23F3N4/c30-25-12-11-22(14-24(25)29-26(31)7-4-8-27(29)32)35-16-23-15-34-18-36(23)17-21-10-9-20(13-28(21)33)19-5-2-1-3-6-19/h1-15,18,35H,16-17,33H2. The number of hydrogen-bond donors (Lipinski definition) is 2. The van der Waals surface area contributed by atoms with Crippen molar-refractivity contribution >= 4 is 11.4 Å². The van der Waals surface area contributed by atoms with Crippen LogP contribution in [0.1, 0.15) is 11.3 Å². The molecule has 7 heteroatoms. The highest BCUT2D eigenvalue weighted by atomic mass is 19.1. The lowest BCUT2D eigenvalue weighted by atomic mass is 10.0. The van der Waals surface area contributed by atoms with E-state index in [1.807, 2.05) is 53.1 Å². The molecule has 0 aliphatic heterocycles. The lowest BCUT2D eigenvalue weighted by molar-refractivity contribution is 0.582. The predicted octanol–water partition coefficient (Wildman–Crippen LogP) is 6.88. The van der Waals surface area contributed by atoms with Crippen molar-refractivity contribution in [2.75, 3.05) is 11.1 Å². The van der Waals surface area contributed by atoms with Crippen LogP contribution in [0.15, 0.2) is 97.5 Å². The van der Waals surface area contributed by atoms with Crippen LogP contribution < -0.4 is 11.1 Å². The van der Waals surface area contributed by atoms with Crippen LogP contribution in [0, 0.1) is 17.5 Å². The molecule has 0 aliphatic rings. The van der Waals surface area contributed by atoms with E-state index in [1.165, 1.54) is 24.3 Å². The minimum atomic E-state index is -0.819. The maximum atomic E-state index is 14.4. The Labute approximate surface area is 206 Å².